The lowest BCUT2D eigenvalue weighted by Gasteiger charge is -2.10. The standard InChI is InChI=1S/C11H14BrNO4S/c1-8-4-3-5-9(11(8)12)13-18(15,16)7-6-10(14)17-2/h3-5,13H,6-7H2,1-2H3. The third kappa shape index (κ3) is 4.30. The quantitative estimate of drug-likeness (QED) is 0.836. The molecule has 7 heteroatoms. The number of hydrogen-bond acceptors (Lipinski definition) is 4. The number of aryl methyl sites for hydroxylation is 1. The normalized spacial score (nSPS) is 11.1. The zero-order chi connectivity index (χ0) is 13.8. The summed E-state index contributed by atoms with van der Waals surface area (Å²) in [6, 6.07) is 5.25. The molecule has 0 saturated heterocycles. The van der Waals surface area contributed by atoms with Crippen molar-refractivity contribution in [1.82, 2.24) is 0 Å². The number of carbonyl (C=O) groups is 1. The number of benzene rings is 1. The predicted octanol–water partition coefficient (Wildman–Crippen LogP) is 2.06. The van der Waals surface area contributed by atoms with Crippen molar-refractivity contribution in [3.05, 3.63) is 28.2 Å². The smallest absolute Gasteiger partial charge is 0.306 e. The highest BCUT2D eigenvalue weighted by Crippen LogP contribution is 2.26. The minimum atomic E-state index is -3.56. The van der Waals surface area contributed by atoms with Gasteiger partial charge < -0.3 is 4.74 Å². The summed E-state index contributed by atoms with van der Waals surface area (Å²) in [5.41, 5.74) is 1.38. The second-order valence-electron chi connectivity index (χ2n) is 3.68. The molecule has 0 aliphatic heterocycles. The maximum Gasteiger partial charge on any atom is 0.306 e. The van der Waals surface area contributed by atoms with Crippen LogP contribution in [-0.4, -0.2) is 27.2 Å². The lowest BCUT2D eigenvalue weighted by atomic mass is 10.2. The molecule has 1 N–H and O–H groups in total. The van der Waals surface area contributed by atoms with Crippen molar-refractivity contribution in [2.24, 2.45) is 0 Å². The van der Waals surface area contributed by atoms with E-state index in [1.165, 1.54) is 7.11 Å². The van der Waals surface area contributed by atoms with Gasteiger partial charge in [0.15, 0.2) is 0 Å². The lowest BCUT2D eigenvalue weighted by Crippen LogP contribution is -2.19. The van der Waals surface area contributed by atoms with Crippen LogP contribution in [0.5, 0.6) is 0 Å². The van der Waals surface area contributed by atoms with Crippen molar-refractivity contribution in [3.8, 4) is 0 Å². The van der Waals surface area contributed by atoms with Crippen molar-refractivity contribution in [2.45, 2.75) is 13.3 Å². The van der Waals surface area contributed by atoms with Crippen molar-refractivity contribution in [2.75, 3.05) is 17.6 Å². The molecular weight excluding hydrogens is 322 g/mol. The first kappa shape index (κ1) is 15.0. The Balaban J connectivity index is 2.77. The third-order valence-electron chi connectivity index (χ3n) is 2.26. The van der Waals surface area contributed by atoms with E-state index in [0.29, 0.717) is 10.2 Å². The fourth-order valence-electron chi connectivity index (χ4n) is 1.26. The highest BCUT2D eigenvalue weighted by molar-refractivity contribution is 9.10. The van der Waals surface area contributed by atoms with Crippen LogP contribution in [0, 0.1) is 6.92 Å². The van der Waals surface area contributed by atoms with Gasteiger partial charge in [0, 0.05) is 4.47 Å². The van der Waals surface area contributed by atoms with Crippen LogP contribution in [0.3, 0.4) is 0 Å². The van der Waals surface area contributed by atoms with Gasteiger partial charge in [0.05, 0.1) is 25.0 Å². The minimum absolute atomic E-state index is 0.171. The van der Waals surface area contributed by atoms with Crippen LogP contribution in [0.25, 0.3) is 0 Å². The Morgan fingerprint density at radius 1 is 1.44 bits per heavy atom. The molecular formula is C11H14BrNO4S. The van der Waals surface area contributed by atoms with Crippen molar-refractivity contribution in [1.29, 1.82) is 0 Å². The molecule has 100 valence electrons. The summed E-state index contributed by atoms with van der Waals surface area (Å²) in [6.45, 7) is 1.86. The van der Waals surface area contributed by atoms with Gasteiger partial charge in [-0.25, -0.2) is 8.42 Å². The Bertz CT molecular complexity index is 542. The molecule has 0 aliphatic carbocycles. The monoisotopic (exact) mass is 335 g/mol. The van der Waals surface area contributed by atoms with Gasteiger partial charge in [-0.2, -0.15) is 0 Å². The molecule has 0 spiro atoms. The molecule has 0 heterocycles. The first-order valence-corrected chi connectivity index (χ1v) is 7.62. The Kier molecular flexibility index (Phi) is 5.15. The van der Waals surface area contributed by atoms with Crippen LogP contribution in [0.4, 0.5) is 5.69 Å². The van der Waals surface area contributed by atoms with E-state index in [2.05, 4.69) is 25.4 Å². The molecule has 0 amide bonds. The summed E-state index contributed by atoms with van der Waals surface area (Å²) >= 11 is 3.31. The van der Waals surface area contributed by atoms with Crippen LogP contribution in [0.1, 0.15) is 12.0 Å². The number of hydrogen-bond donors (Lipinski definition) is 1. The molecule has 0 radical (unpaired) electrons. The van der Waals surface area contributed by atoms with E-state index in [9.17, 15) is 13.2 Å². The van der Waals surface area contributed by atoms with Gasteiger partial charge in [0.25, 0.3) is 0 Å². The van der Waals surface area contributed by atoms with Gasteiger partial charge in [-0.05, 0) is 34.5 Å². The fourth-order valence-corrected chi connectivity index (χ4v) is 2.80. The average Bonchev–Trinajstić information content (AvgIpc) is 2.32. The van der Waals surface area contributed by atoms with E-state index >= 15 is 0 Å². The molecule has 0 atom stereocenters. The fraction of sp³-hybridized carbons (Fsp3) is 0.364. The Morgan fingerprint density at radius 3 is 2.72 bits per heavy atom. The van der Waals surface area contributed by atoms with Crippen LogP contribution >= 0.6 is 15.9 Å². The molecule has 18 heavy (non-hydrogen) atoms. The average molecular weight is 336 g/mol. The summed E-state index contributed by atoms with van der Waals surface area (Å²) < 4.78 is 31.0. The van der Waals surface area contributed by atoms with E-state index in [1.807, 2.05) is 13.0 Å². The lowest BCUT2D eigenvalue weighted by molar-refractivity contribution is -0.140. The third-order valence-corrected chi connectivity index (χ3v) is 4.58. The van der Waals surface area contributed by atoms with E-state index in [-0.39, 0.29) is 12.2 Å². The molecule has 1 aromatic carbocycles. The van der Waals surface area contributed by atoms with Crippen LogP contribution < -0.4 is 4.72 Å². The molecule has 0 aliphatic rings. The first-order chi connectivity index (χ1) is 8.35. The van der Waals surface area contributed by atoms with Gasteiger partial charge in [-0.15, -0.1) is 0 Å². The summed E-state index contributed by atoms with van der Waals surface area (Å²) in [6.07, 6.45) is -0.171. The number of methoxy groups -OCH3 is 1. The molecule has 0 unspecified atom stereocenters. The van der Waals surface area contributed by atoms with Crippen LogP contribution in [-0.2, 0) is 19.6 Å². The zero-order valence-electron chi connectivity index (χ0n) is 10.1. The van der Waals surface area contributed by atoms with Gasteiger partial charge in [-0.3, -0.25) is 9.52 Å². The van der Waals surface area contributed by atoms with Gasteiger partial charge in [0.1, 0.15) is 0 Å². The van der Waals surface area contributed by atoms with Gasteiger partial charge in [-0.1, -0.05) is 12.1 Å². The number of nitrogens with one attached hydrogen (secondary N) is 1. The number of carbonyl (C=O) groups excluding carboxylic acids is 1. The highest BCUT2D eigenvalue weighted by Gasteiger charge is 2.15. The van der Waals surface area contributed by atoms with E-state index < -0.39 is 16.0 Å². The molecule has 1 aromatic rings. The summed E-state index contributed by atoms with van der Waals surface area (Å²) in [7, 11) is -2.34. The van der Waals surface area contributed by atoms with Crippen molar-refractivity contribution < 1.29 is 17.9 Å². The Morgan fingerprint density at radius 2 is 2.11 bits per heavy atom. The van der Waals surface area contributed by atoms with E-state index in [4.69, 9.17) is 0 Å². The molecule has 0 aromatic heterocycles. The predicted molar refractivity (Wildman–Crippen MR) is 72.9 cm³/mol. The summed E-state index contributed by atoms with van der Waals surface area (Å²) in [5, 5.41) is 0. The SMILES string of the molecule is COC(=O)CCS(=O)(=O)Nc1cccc(C)c1Br. The summed E-state index contributed by atoms with van der Waals surface area (Å²) in [5.74, 6) is -0.858. The number of anilines is 1. The summed E-state index contributed by atoms with van der Waals surface area (Å²) in [4.78, 5) is 10.9. The maximum atomic E-state index is 11.7. The highest BCUT2D eigenvalue weighted by atomic mass is 79.9. The van der Waals surface area contributed by atoms with E-state index in [1.54, 1.807) is 12.1 Å². The largest absolute Gasteiger partial charge is 0.469 e. The number of sulfonamides is 1. The Hall–Kier alpha value is -1.08. The molecule has 0 bridgehead atoms. The second-order valence-corrected chi connectivity index (χ2v) is 6.32. The van der Waals surface area contributed by atoms with Gasteiger partial charge in [0.2, 0.25) is 10.0 Å². The van der Waals surface area contributed by atoms with Crippen LogP contribution in [0.2, 0.25) is 0 Å². The van der Waals surface area contributed by atoms with Crippen LogP contribution in [0.15, 0.2) is 22.7 Å². The van der Waals surface area contributed by atoms with Crippen molar-refractivity contribution in [3.63, 3.8) is 0 Å². The molecule has 0 saturated carbocycles. The molecule has 1 rings (SSSR count). The number of rotatable bonds is 5. The topological polar surface area (TPSA) is 72.5 Å². The number of halogens is 1. The first-order valence-electron chi connectivity index (χ1n) is 5.18. The Labute approximate surface area is 115 Å². The zero-order valence-corrected chi connectivity index (χ0v) is 12.5. The maximum absolute atomic E-state index is 11.7. The second kappa shape index (κ2) is 6.19. The molecule has 5 nitrogen and oxygen atoms in total. The van der Waals surface area contributed by atoms with Crippen molar-refractivity contribution >= 4 is 37.6 Å². The molecule has 0 fully saturated rings. The van der Waals surface area contributed by atoms with Gasteiger partial charge >= 0.3 is 5.97 Å². The van der Waals surface area contributed by atoms with E-state index in [0.717, 1.165) is 5.56 Å². The number of esters is 1. The number of ether oxygens (including phenoxy) is 1. The minimum Gasteiger partial charge on any atom is -0.469 e.